The lowest BCUT2D eigenvalue weighted by molar-refractivity contribution is 0.245. The third-order valence-corrected chi connectivity index (χ3v) is 5.62. The van der Waals surface area contributed by atoms with Gasteiger partial charge in [-0.3, -0.25) is 0 Å². The number of carbonyl (C=O) groups excluding carboxylic acids is 1. The smallest absolute Gasteiger partial charge is 0.315 e. The Hall–Kier alpha value is -0.780. The van der Waals surface area contributed by atoms with Gasteiger partial charge in [0.1, 0.15) is 0 Å². The van der Waals surface area contributed by atoms with Crippen molar-refractivity contribution in [1.82, 2.24) is 10.6 Å². The van der Waals surface area contributed by atoms with Crippen LogP contribution in [0, 0.1) is 5.41 Å². The minimum atomic E-state index is -3.10. The Balaban J connectivity index is 2.38. The molecule has 0 unspecified atom stereocenters. The predicted octanol–water partition coefficient (Wildman–Crippen LogP) is -0.120. The van der Waals surface area contributed by atoms with E-state index in [1.807, 2.05) is 20.8 Å². The maximum Gasteiger partial charge on any atom is 0.315 e. The molecule has 3 atom stereocenters. The van der Waals surface area contributed by atoms with Crippen LogP contribution in [-0.4, -0.2) is 37.5 Å². The molecule has 0 aliphatic carbocycles. The van der Waals surface area contributed by atoms with Crippen molar-refractivity contribution in [2.75, 3.05) is 5.75 Å². The summed E-state index contributed by atoms with van der Waals surface area (Å²) >= 11 is 0. The number of rotatable bonds is 0. The van der Waals surface area contributed by atoms with Crippen LogP contribution in [0.4, 0.5) is 4.79 Å². The number of urea groups is 1. The Labute approximate surface area is 89.5 Å². The summed E-state index contributed by atoms with van der Waals surface area (Å²) in [6, 6.07) is -0.789. The van der Waals surface area contributed by atoms with E-state index in [0.717, 1.165) is 0 Å². The zero-order valence-electron chi connectivity index (χ0n) is 9.07. The molecule has 5 nitrogen and oxygen atoms in total. The molecule has 0 radical (unpaired) electrons. The number of amides is 2. The molecule has 0 bridgehead atoms. The van der Waals surface area contributed by atoms with E-state index in [-0.39, 0.29) is 29.3 Å². The average molecular weight is 232 g/mol. The molecule has 86 valence electrons. The van der Waals surface area contributed by atoms with E-state index in [1.165, 1.54) is 0 Å². The van der Waals surface area contributed by atoms with Gasteiger partial charge in [0.15, 0.2) is 9.84 Å². The second kappa shape index (κ2) is 2.87. The molecule has 6 heteroatoms. The lowest BCUT2D eigenvalue weighted by Gasteiger charge is -2.29. The maximum atomic E-state index is 11.9. The van der Waals surface area contributed by atoms with Gasteiger partial charge >= 0.3 is 6.03 Å². The van der Waals surface area contributed by atoms with E-state index in [4.69, 9.17) is 0 Å². The van der Waals surface area contributed by atoms with Crippen LogP contribution in [0.2, 0.25) is 0 Å². The maximum absolute atomic E-state index is 11.9. The summed E-state index contributed by atoms with van der Waals surface area (Å²) < 4.78 is 23.9. The van der Waals surface area contributed by atoms with Gasteiger partial charge in [0.05, 0.1) is 23.1 Å². The summed E-state index contributed by atoms with van der Waals surface area (Å²) in [6.07, 6.45) is 0. The van der Waals surface area contributed by atoms with Gasteiger partial charge in [-0.2, -0.15) is 0 Å². The quantitative estimate of drug-likeness (QED) is 0.572. The first-order chi connectivity index (χ1) is 6.72. The molecule has 15 heavy (non-hydrogen) atoms. The molecule has 0 saturated carbocycles. The lowest BCUT2D eigenvalue weighted by atomic mass is 9.86. The fourth-order valence-electron chi connectivity index (χ4n) is 2.64. The van der Waals surface area contributed by atoms with Crippen molar-refractivity contribution in [3.05, 3.63) is 0 Å². The highest BCUT2D eigenvalue weighted by molar-refractivity contribution is 7.92. The predicted molar refractivity (Wildman–Crippen MR) is 56.3 cm³/mol. The molecule has 2 rings (SSSR count). The molecular weight excluding hydrogens is 216 g/mol. The summed E-state index contributed by atoms with van der Waals surface area (Å²) in [5, 5.41) is 4.85. The van der Waals surface area contributed by atoms with Crippen molar-refractivity contribution in [2.45, 2.75) is 38.1 Å². The van der Waals surface area contributed by atoms with Gasteiger partial charge in [-0.15, -0.1) is 0 Å². The number of hydrogen-bond acceptors (Lipinski definition) is 3. The van der Waals surface area contributed by atoms with Crippen molar-refractivity contribution < 1.29 is 13.2 Å². The van der Waals surface area contributed by atoms with Crippen molar-refractivity contribution in [3.8, 4) is 0 Å². The number of fused-ring (bicyclic) bond motifs is 1. The number of nitrogens with one attached hydrogen (secondary N) is 2. The second-order valence-corrected chi connectivity index (χ2v) is 7.53. The highest BCUT2D eigenvalue weighted by Crippen LogP contribution is 2.36. The van der Waals surface area contributed by atoms with E-state index in [1.54, 1.807) is 0 Å². The van der Waals surface area contributed by atoms with E-state index >= 15 is 0 Å². The zero-order valence-corrected chi connectivity index (χ0v) is 9.89. The molecular formula is C9H16N2O3S. The molecule has 0 aromatic heterocycles. The summed E-state index contributed by atoms with van der Waals surface area (Å²) in [5.41, 5.74) is -0.350. The van der Waals surface area contributed by atoms with Crippen LogP contribution in [0.5, 0.6) is 0 Å². The molecule has 2 aliphatic rings. The monoisotopic (exact) mass is 232 g/mol. The first kappa shape index (κ1) is 10.7. The van der Waals surface area contributed by atoms with Crippen LogP contribution in [-0.2, 0) is 9.84 Å². The van der Waals surface area contributed by atoms with Gasteiger partial charge < -0.3 is 10.6 Å². The van der Waals surface area contributed by atoms with E-state index in [9.17, 15) is 13.2 Å². The average Bonchev–Trinajstić information content (AvgIpc) is 2.34. The van der Waals surface area contributed by atoms with E-state index in [0.29, 0.717) is 0 Å². The molecule has 2 amide bonds. The van der Waals surface area contributed by atoms with Crippen molar-refractivity contribution in [2.24, 2.45) is 5.41 Å². The Bertz CT molecular complexity index is 396. The third kappa shape index (κ3) is 1.60. The SMILES string of the molecule is CC(C)(C)[C@H]1[C@H]2NC(=O)N[C@H]2CS1(=O)=O. The summed E-state index contributed by atoms with van der Waals surface area (Å²) in [7, 11) is -3.10. The van der Waals surface area contributed by atoms with Gasteiger partial charge in [-0.25, -0.2) is 13.2 Å². The van der Waals surface area contributed by atoms with Crippen LogP contribution >= 0.6 is 0 Å². The molecule has 2 fully saturated rings. The Kier molecular flexibility index (Phi) is 2.05. The second-order valence-electron chi connectivity index (χ2n) is 5.37. The number of sulfone groups is 1. The van der Waals surface area contributed by atoms with E-state index < -0.39 is 15.1 Å². The normalized spacial score (nSPS) is 38.3. The summed E-state index contributed by atoms with van der Waals surface area (Å²) in [5.74, 6) is 0.0539. The highest BCUT2D eigenvalue weighted by Gasteiger charge is 2.55. The minimum absolute atomic E-state index is 0.0539. The first-order valence-electron chi connectivity index (χ1n) is 5.00. The van der Waals surface area contributed by atoms with Crippen LogP contribution in [0.3, 0.4) is 0 Å². The van der Waals surface area contributed by atoms with Crippen molar-refractivity contribution >= 4 is 15.9 Å². The Morgan fingerprint density at radius 3 is 2.40 bits per heavy atom. The number of hydrogen-bond donors (Lipinski definition) is 2. The van der Waals surface area contributed by atoms with Crippen LogP contribution in [0.25, 0.3) is 0 Å². The molecule has 0 aromatic carbocycles. The topological polar surface area (TPSA) is 75.3 Å². The summed E-state index contributed by atoms with van der Waals surface area (Å²) in [6.45, 7) is 5.67. The Morgan fingerprint density at radius 2 is 1.87 bits per heavy atom. The van der Waals surface area contributed by atoms with Crippen LogP contribution < -0.4 is 10.6 Å². The Morgan fingerprint density at radius 1 is 1.27 bits per heavy atom. The molecule has 0 spiro atoms. The standard InChI is InChI=1S/C9H16N2O3S/c1-9(2,3)7-6-5(4-15(7,13)14)10-8(12)11-6/h5-7H,4H2,1-3H3,(H2,10,11,12)/t5-,6-,7+/m0/s1. The van der Waals surface area contributed by atoms with Crippen LogP contribution in [0.1, 0.15) is 20.8 Å². The van der Waals surface area contributed by atoms with Gasteiger partial charge in [0.2, 0.25) is 0 Å². The fraction of sp³-hybridized carbons (Fsp3) is 0.889. The van der Waals surface area contributed by atoms with Crippen molar-refractivity contribution in [3.63, 3.8) is 0 Å². The molecule has 2 N–H and O–H groups in total. The first-order valence-corrected chi connectivity index (χ1v) is 6.72. The highest BCUT2D eigenvalue weighted by atomic mass is 32.2. The molecule has 2 saturated heterocycles. The van der Waals surface area contributed by atoms with Gasteiger partial charge in [-0.05, 0) is 5.41 Å². The summed E-state index contributed by atoms with van der Waals surface area (Å²) in [4.78, 5) is 11.1. The van der Waals surface area contributed by atoms with Gasteiger partial charge in [-0.1, -0.05) is 20.8 Å². The zero-order chi connectivity index (χ0) is 11.4. The van der Waals surface area contributed by atoms with Gasteiger partial charge in [0, 0.05) is 0 Å². The number of carbonyl (C=O) groups is 1. The minimum Gasteiger partial charge on any atom is -0.332 e. The largest absolute Gasteiger partial charge is 0.332 e. The lowest BCUT2D eigenvalue weighted by Crippen LogP contribution is -2.46. The fourth-order valence-corrected chi connectivity index (χ4v) is 5.42. The molecule has 0 aromatic rings. The molecule has 2 heterocycles. The van der Waals surface area contributed by atoms with Gasteiger partial charge in [0.25, 0.3) is 0 Å². The van der Waals surface area contributed by atoms with Crippen LogP contribution in [0.15, 0.2) is 0 Å². The third-order valence-electron chi connectivity index (χ3n) is 3.03. The molecule has 2 aliphatic heterocycles. The van der Waals surface area contributed by atoms with E-state index in [2.05, 4.69) is 10.6 Å². The van der Waals surface area contributed by atoms with Crippen molar-refractivity contribution in [1.29, 1.82) is 0 Å².